The Hall–Kier alpha value is -2.54. The van der Waals surface area contributed by atoms with E-state index in [2.05, 4.69) is 25.2 Å². The molecule has 4 heterocycles. The van der Waals surface area contributed by atoms with Crippen molar-refractivity contribution >= 4 is 16.7 Å². The maximum Gasteiger partial charge on any atom is 0.151 e. The lowest BCUT2D eigenvalue weighted by Gasteiger charge is -2.38. The minimum absolute atomic E-state index is 0.0414. The number of hydrogen-bond acceptors (Lipinski definition) is 6. The molecular weight excluding hydrogens is 290 g/mol. The molecule has 1 aliphatic heterocycles. The molecule has 1 fully saturated rings. The van der Waals surface area contributed by atoms with Gasteiger partial charge >= 0.3 is 0 Å². The predicted molar refractivity (Wildman–Crippen MR) is 87.8 cm³/mol. The number of fused-ring (bicyclic) bond motifs is 1. The normalized spacial score (nSPS) is 21.7. The van der Waals surface area contributed by atoms with E-state index in [1.165, 1.54) is 0 Å². The zero-order valence-electron chi connectivity index (χ0n) is 13.0. The van der Waals surface area contributed by atoms with E-state index in [0.717, 1.165) is 41.8 Å². The molecule has 0 aliphatic carbocycles. The number of aryl methyl sites for hydroxylation is 1. The van der Waals surface area contributed by atoms with Gasteiger partial charge in [0, 0.05) is 43.5 Å². The maximum atomic E-state index is 6.23. The van der Waals surface area contributed by atoms with Crippen molar-refractivity contribution in [2.75, 3.05) is 11.4 Å². The molecule has 118 valence electrons. The van der Waals surface area contributed by atoms with Crippen molar-refractivity contribution < 1.29 is 0 Å². The van der Waals surface area contributed by atoms with E-state index >= 15 is 0 Å². The summed E-state index contributed by atoms with van der Waals surface area (Å²) in [6.45, 7) is 0.855. The third-order valence-corrected chi connectivity index (χ3v) is 4.40. The van der Waals surface area contributed by atoms with Crippen LogP contribution < -0.4 is 10.6 Å². The first-order valence-electron chi connectivity index (χ1n) is 7.80. The van der Waals surface area contributed by atoms with Crippen molar-refractivity contribution in [1.29, 1.82) is 0 Å². The van der Waals surface area contributed by atoms with Crippen LogP contribution >= 0.6 is 0 Å². The summed E-state index contributed by atoms with van der Waals surface area (Å²) in [5, 5.41) is 14.1. The number of aromatic nitrogens is 5. The minimum Gasteiger partial charge on any atom is -0.346 e. The van der Waals surface area contributed by atoms with Crippen LogP contribution in [0, 0.1) is 0 Å². The Morgan fingerprint density at radius 2 is 2.22 bits per heavy atom. The molecule has 7 nitrogen and oxygen atoms in total. The molecule has 0 amide bonds. The number of nitrogens with zero attached hydrogens (tertiary/aromatic N) is 6. The van der Waals surface area contributed by atoms with E-state index in [4.69, 9.17) is 5.73 Å². The van der Waals surface area contributed by atoms with E-state index in [0.29, 0.717) is 0 Å². The highest BCUT2D eigenvalue weighted by Gasteiger charge is 2.32. The van der Waals surface area contributed by atoms with Crippen LogP contribution in [0.1, 0.15) is 24.6 Å². The zero-order chi connectivity index (χ0) is 15.8. The molecule has 3 aromatic rings. The minimum atomic E-state index is 0.0414. The van der Waals surface area contributed by atoms with Crippen LogP contribution in [0.15, 0.2) is 36.8 Å². The largest absolute Gasteiger partial charge is 0.346 e. The van der Waals surface area contributed by atoms with Gasteiger partial charge in [0.25, 0.3) is 0 Å². The number of pyridine rings is 1. The lowest BCUT2D eigenvalue weighted by Crippen LogP contribution is -2.43. The molecule has 0 saturated carbocycles. The fraction of sp³-hybridized carbons (Fsp3) is 0.375. The van der Waals surface area contributed by atoms with Crippen LogP contribution in [0.5, 0.6) is 0 Å². The molecule has 0 bridgehead atoms. The fourth-order valence-corrected chi connectivity index (χ4v) is 3.24. The molecule has 2 N–H and O–H groups in total. The lowest BCUT2D eigenvalue weighted by molar-refractivity contribution is 0.410. The number of piperidine rings is 1. The Morgan fingerprint density at radius 3 is 3.04 bits per heavy atom. The summed E-state index contributed by atoms with van der Waals surface area (Å²) in [5.74, 6) is 0.944. The molecule has 2 atom stereocenters. The van der Waals surface area contributed by atoms with E-state index in [9.17, 15) is 0 Å². The Bertz CT molecular complexity index is 823. The molecular formula is C16H19N7. The average molecular weight is 309 g/mol. The van der Waals surface area contributed by atoms with Crippen molar-refractivity contribution in [2.45, 2.75) is 24.9 Å². The first-order chi connectivity index (χ1) is 11.2. The Balaban J connectivity index is 1.81. The topological polar surface area (TPSA) is 85.8 Å². The van der Waals surface area contributed by atoms with Crippen LogP contribution in [-0.2, 0) is 7.05 Å². The molecule has 2 unspecified atom stereocenters. The highest BCUT2D eigenvalue weighted by Crippen LogP contribution is 2.34. The summed E-state index contributed by atoms with van der Waals surface area (Å²) in [7, 11) is 1.92. The third-order valence-electron chi connectivity index (χ3n) is 4.40. The van der Waals surface area contributed by atoms with Crippen molar-refractivity contribution in [1.82, 2.24) is 25.0 Å². The Kier molecular flexibility index (Phi) is 3.42. The standard InChI is InChI=1S/C16H19N7/c1-22-7-5-14(21-22)23-8-4-12(17)9-13(23)16-15-11(10-19-20-16)3-2-6-18-15/h2-3,5-7,10,12-13H,4,8-9,17H2,1H3. The lowest BCUT2D eigenvalue weighted by atomic mass is 9.94. The van der Waals surface area contributed by atoms with Gasteiger partial charge in [-0.1, -0.05) is 0 Å². The number of nitrogens with two attached hydrogens (primary N) is 1. The molecule has 0 aromatic carbocycles. The van der Waals surface area contributed by atoms with E-state index in [-0.39, 0.29) is 12.1 Å². The van der Waals surface area contributed by atoms with Gasteiger partial charge in [-0.25, -0.2) is 0 Å². The van der Waals surface area contributed by atoms with Gasteiger partial charge in [-0.15, -0.1) is 0 Å². The van der Waals surface area contributed by atoms with Gasteiger partial charge in [0.05, 0.1) is 17.8 Å². The first kappa shape index (κ1) is 14.1. The molecule has 1 aliphatic rings. The van der Waals surface area contributed by atoms with Gasteiger partial charge < -0.3 is 10.6 Å². The van der Waals surface area contributed by atoms with Crippen molar-refractivity contribution in [3.63, 3.8) is 0 Å². The van der Waals surface area contributed by atoms with Crippen LogP contribution in [0.4, 0.5) is 5.82 Å². The Labute approximate surface area is 134 Å². The smallest absolute Gasteiger partial charge is 0.151 e. The molecule has 3 aromatic heterocycles. The monoisotopic (exact) mass is 309 g/mol. The highest BCUT2D eigenvalue weighted by molar-refractivity contribution is 5.80. The van der Waals surface area contributed by atoms with Crippen molar-refractivity contribution in [2.24, 2.45) is 12.8 Å². The second kappa shape index (κ2) is 5.58. The summed E-state index contributed by atoms with van der Waals surface area (Å²) in [6.07, 6.45) is 7.26. The second-order valence-electron chi connectivity index (χ2n) is 6.01. The third kappa shape index (κ3) is 2.53. The van der Waals surface area contributed by atoms with Crippen LogP contribution in [0.3, 0.4) is 0 Å². The fourth-order valence-electron chi connectivity index (χ4n) is 3.24. The van der Waals surface area contributed by atoms with Gasteiger partial charge in [-0.05, 0) is 25.0 Å². The summed E-state index contributed by atoms with van der Waals surface area (Å²) in [4.78, 5) is 6.78. The van der Waals surface area contributed by atoms with Gasteiger partial charge in [-0.2, -0.15) is 15.3 Å². The number of anilines is 1. The van der Waals surface area contributed by atoms with Gasteiger partial charge in [-0.3, -0.25) is 9.67 Å². The SMILES string of the molecule is Cn1ccc(N2CCC(N)CC2c2nncc3cccnc23)n1. The predicted octanol–water partition coefficient (Wildman–Crippen LogP) is 1.43. The van der Waals surface area contributed by atoms with Crippen LogP contribution in [0.2, 0.25) is 0 Å². The van der Waals surface area contributed by atoms with E-state index in [1.807, 2.05) is 36.1 Å². The first-order valence-corrected chi connectivity index (χ1v) is 7.80. The van der Waals surface area contributed by atoms with Gasteiger partial charge in [0.1, 0.15) is 5.69 Å². The quantitative estimate of drug-likeness (QED) is 0.770. The van der Waals surface area contributed by atoms with Crippen molar-refractivity contribution in [3.05, 3.63) is 42.5 Å². The Morgan fingerprint density at radius 1 is 1.30 bits per heavy atom. The summed E-state index contributed by atoms with van der Waals surface area (Å²) in [5.41, 5.74) is 8.00. The second-order valence-corrected chi connectivity index (χ2v) is 6.01. The van der Waals surface area contributed by atoms with Crippen LogP contribution in [-0.4, -0.2) is 37.5 Å². The molecule has 0 spiro atoms. The van der Waals surface area contributed by atoms with E-state index in [1.54, 1.807) is 12.4 Å². The molecule has 0 radical (unpaired) electrons. The maximum absolute atomic E-state index is 6.23. The van der Waals surface area contributed by atoms with E-state index < -0.39 is 0 Å². The molecule has 1 saturated heterocycles. The highest BCUT2D eigenvalue weighted by atomic mass is 15.4. The molecule has 4 rings (SSSR count). The number of rotatable bonds is 2. The summed E-state index contributed by atoms with van der Waals surface area (Å²) < 4.78 is 1.81. The summed E-state index contributed by atoms with van der Waals surface area (Å²) >= 11 is 0. The van der Waals surface area contributed by atoms with Gasteiger partial charge in [0.2, 0.25) is 0 Å². The van der Waals surface area contributed by atoms with Crippen molar-refractivity contribution in [3.8, 4) is 0 Å². The van der Waals surface area contributed by atoms with Crippen LogP contribution in [0.25, 0.3) is 10.9 Å². The average Bonchev–Trinajstić information content (AvgIpc) is 3.00. The zero-order valence-corrected chi connectivity index (χ0v) is 13.0. The molecule has 7 heteroatoms. The van der Waals surface area contributed by atoms with Gasteiger partial charge in [0.15, 0.2) is 5.82 Å². The molecule has 23 heavy (non-hydrogen) atoms. The summed E-state index contributed by atoms with van der Waals surface area (Å²) in [6, 6.07) is 6.14. The number of hydrogen-bond donors (Lipinski definition) is 1.